The Morgan fingerprint density at radius 1 is 1.19 bits per heavy atom. The van der Waals surface area contributed by atoms with Gasteiger partial charge in [0.1, 0.15) is 17.6 Å². The number of hydrogen-bond donors (Lipinski definition) is 1. The third-order valence-corrected chi connectivity index (χ3v) is 5.38. The van der Waals surface area contributed by atoms with Crippen molar-refractivity contribution in [3.05, 3.63) is 58.1 Å². The largest absolute Gasteiger partial charge is 0.494 e. The van der Waals surface area contributed by atoms with Gasteiger partial charge < -0.3 is 14.8 Å². The number of aryl methyl sites for hydroxylation is 2. The van der Waals surface area contributed by atoms with Crippen molar-refractivity contribution in [1.29, 1.82) is 0 Å². The summed E-state index contributed by atoms with van der Waals surface area (Å²) in [6.07, 6.45) is 5.04. The molecule has 0 bridgehead atoms. The number of rotatable bonds is 6. The Balaban J connectivity index is 1.42. The lowest BCUT2D eigenvalue weighted by Gasteiger charge is -2.13. The summed E-state index contributed by atoms with van der Waals surface area (Å²) < 4.78 is 11.6. The molecule has 0 aromatic heterocycles. The molecule has 4 nitrogen and oxygen atoms in total. The first-order valence-corrected chi connectivity index (χ1v) is 9.95. The normalized spacial score (nSPS) is 17.2. The van der Waals surface area contributed by atoms with Gasteiger partial charge in [-0.05, 0) is 61.9 Å². The Labute approximate surface area is 160 Å². The summed E-state index contributed by atoms with van der Waals surface area (Å²) in [5, 5.41) is 3.04. The molecule has 0 saturated heterocycles. The summed E-state index contributed by atoms with van der Waals surface area (Å²) in [5.74, 6) is 1.78. The van der Waals surface area contributed by atoms with Crippen molar-refractivity contribution in [1.82, 2.24) is 5.32 Å². The third-order valence-electron chi connectivity index (χ3n) is 5.38. The number of hydrogen-bond acceptors (Lipinski definition) is 3. The molecule has 1 N–H and O–H groups in total. The van der Waals surface area contributed by atoms with Gasteiger partial charge >= 0.3 is 0 Å². The van der Waals surface area contributed by atoms with Crippen LogP contribution in [0.3, 0.4) is 0 Å². The van der Waals surface area contributed by atoms with E-state index in [1.165, 1.54) is 29.5 Å². The van der Waals surface area contributed by atoms with E-state index in [1.54, 1.807) is 0 Å². The molecule has 27 heavy (non-hydrogen) atoms. The minimum Gasteiger partial charge on any atom is -0.494 e. The van der Waals surface area contributed by atoms with Crippen LogP contribution >= 0.6 is 0 Å². The Morgan fingerprint density at radius 3 is 2.89 bits per heavy atom. The van der Waals surface area contributed by atoms with Gasteiger partial charge in [-0.2, -0.15) is 0 Å². The van der Waals surface area contributed by atoms with Crippen LogP contribution < -0.4 is 14.8 Å². The molecule has 2 aromatic carbocycles. The Morgan fingerprint density at radius 2 is 2.04 bits per heavy atom. The fraction of sp³-hybridized carbons (Fsp3) is 0.435. The van der Waals surface area contributed by atoms with E-state index in [9.17, 15) is 4.79 Å². The lowest BCUT2D eigenvalue weighted by atomic mass is 10.0. The summed E-state index contributed by atoms with van der Waals surface area (Å²) in [4.78, 5) is 12.5. The first-order chi connectivity index (χ1) is 13.1. The van der Waals surface area contributed by atoms with Gasteiger partial charge in [0.25, 0.3) is 0 Å². The molecule has 0 spiro atoms. The first kappa shape index (κ1) is 17.9. The molecular formula is C23H27NO3. The number of fused-ring (bicyclic) bond motifs is 2. The zero-order valence-corrected chi connectivity index (χ0v) is 16.1. The van der Waals surface area contributed by atoms with E-state index in [-0.39, 0.29) is 12.0 Å². The highest BCUT2D eigenvalue weighted by Crippen LogP contribution is 2.35. The molecule has 1 heterocycles. The maximum atomic E-state index is 12.5. The molecule has 4 rings (SSSR count). The first-order valence-electron chi connectivity index (χ1n) is 9.95. The lowest BCUT2D eigenvalue weighted by molar-refractivity contribution is -0.120. The van der Waals surface area contributed by atoms with E-state index in [0.717, 1.165) is 35.5 Å². The number of carbonyl (C=O) groups is 1. The molecule has 2 aromatic rings. The number of benzene rings is 2. The molecule has 0 radical (unpaired) electrons. The molecule has 4 heteroatoms. The summed E-state index contributed by atoms with van der Waals surface area (Å²) in [6, 6.07) is 10.5. The van der Waals surface area contributed by atoms with Crippen LogP contribution in [0.1, 0.15) is 48.1 Å². The second kappa shape index (κ2) is 7.63. The summed E-state index contributed by atoms with van der Waals surface area (Å²) in [7, 11) is 0. The average Bonchev–Trinajstić information content (AvgIpc) is 3.24. The minimum atomic E-state index is 0.0326. The zero-order chi connectivity index (χ0) is 18.8. The van der Waals surface area contributed by atoms with Crippen molar-refractivity contribution >= 4 is 5.91 Å². The van der Waals surface area contributed by atoms with Gasteiger partial charge in [0.15, 0.2) is 0 Å². The maximum absolute atomic E-state index is 12.5. The zero-order valence-electron chi connectivity index (χ0n) is 16.1. The van der Waals surface area contributed by atoms with Gasteiger partial charge in [0.05, 0.1) is 13.0 Å². The van der Waals surface area contributed by atoms with E-state index >= 15 is 0 Å². The Kier molecular flexibility index (Phi) is 5.06. The summed E-state index contributed by atoms with van der Waals surface area (Å²) in [6.45, 7) is 5.09. The third kappa shape index (κ3) is 3.95. The predicted molar refractivity (Wildman–Crippen MR) is 105 cm³/mol. The van der Waals surface area contributed by atoms with Crippen LogP contribution in [0.5, 0.6) is 11.5 Å². The molecule has 0 fully saturated rings. The van der Waals surface area contributed by atoms with Crippen LogP contribution in [0.15, 0.2) is 30.3 Å². The highest BCUT2D eigenvalue weighted by molar-refractivity contribution is 5.78. The summed E-state index contributed by atoms with van der Waals surface area (Å²) >= 11 is 0. The van der Waals surface area contributed by atoms with Crippen molar-refractivity contribution in [3.63, 3.8) is 0 Å². The lowest BCUT2D eigenvalue weighted by Crippen LogP contribution is -2.25. The second-order valence-electron chi connectivity index (χ2n) is 7.54. The molecule has 0 saturated carbocycles. The van der Waals surface area contributed by atoms with Crippen molar-refractivity contribution in [2.45, 2.75) is 58.6 Å². The Bertz CT molecular complexity index is 859. The average molecular weight is 365 g/mol. The quantitative estimate of drug-likeness (QED) is 0.848. The fourth-order valence-corrected chi connectivity index (χ4v) is 4.09. The molecule has 1 aliphatic carbocycles. The van der Waals surface area contributed by atoms with E-state index in [4.69, 9.17) is 9.47 Å². The van der Waals surface area contributed by atoms with Gasteiger partial charge in [-0.25, -0.2) is 0 Å². The minimum absolute atomic E-state index is 0.0326. The van der Waals surface area contributed by atoms with Crippen molar-refractivity contribution in [2.24, 2.45) is 0 Å². The van der Waals surface area contributed by atoms with Crippen LogP contribution in [0.2, 0.25) is 0 Å². The second-order valence-corrected chi connectivity index (χ2v) is 7.54. The molecule has 1 aliphatic heterocycles. The predicted octanol–water partition coefficient (Wildman–Crippen LogP) is 3.76. The number of amides is 1. The molecular weight excluding hydrogens is 338 g/mol. The van der Waals surface area contributed by atoms with E-state index in [0.29, 0.717) is 19.6 Å². The van der Waals surface area contributed by atoms with Crippen LogP contribution in [0.4, 0.5) is 0 Å². The van der Waals surface area contributed by atoms with Crippen molar-refractivity contribution in [3.8, 4) is 11.5 Å². The molecule has 0 unspecified atom stereocenters. The smallest absolute Gasteiger partial charge is 0.224 e. The molecule has 1 atom stereocenters. The van der Waals surface area contributed by atoms with Crippen LogP contribution in [-0.2, 0) is 37.0 Å². The van der Waals surface area contributed by atoms with Gasteiger partial charge in [0.2, 0.25) is 5.91 Å². The standard InChI is InChI=1S/C23H27NO3/c1-3-26-21-12-19-9-15(2)27-22(19)13-20(21)14-24-23(25)11-16-7-8-17-5-4-6-18(17)10-16/h7-8,10,12-13,15H,3-6,9,11,14H2,1-2H3,(H,24,25)/t15-/m1/s1. The topological polar surface area (TPSA) is 47.6 Å². The van der Waals surface area contributed by atoms with Crippen molar-refractivity contribution < 1.29 is 14.3 Å². The van der Waals surface area contributed by atoms with E-state index in [2.05, 4.69) is 36.5 Å². The number of ether oxygens (including phenoxy) is 2. The van der Waals surface area contributed by atoms with Crippen LogP contribution in [-0.4, -0.2) is 18.6 Å². The Hall–Kier alpha value is -2.49. The molecule has 2 aliphatic rings. The molecule has 1 amide bonds. The van der Waals surface area contributed by atoms with E-state index < -0.39 is 0 Å². The summed E-state index contributed by atoms with van der Waals surface area (Å²) in [5.41, 5.74) is 6.08. The SMILES string of the molecule is CCOc1cc2c(cc1CNC(=O)Cc1ccc3c(c1)CCC3)O[C@H](C)C2. The van der Waals surface area contributed by atoms with Crippen LogP contribution in [0.25, 0.3) is 0 Å². The fourth-order valence-electron chi connectivity index (χ4n) is 4.09. The van der Waals surface area contributed by atoms with Gasteiger partial charge in [-0.1, -0.05) is 18.2 Å². The highest BCUT2D eigenvalue weighted by atomic mass is 16.5. The number of carbonyl (C=O) groups excluding carboxylic acids is 1. The maximum Gasteiger partial charge on any atom is 0.224 e. The van der Waals surface area contributed by atoms with Gasteiger partial charge in [-0.15, -0.1) is 0 Å². The monoisotopic (exact) mass is 365 g/mol. The number of nitrogens with one attached hydrogen (secondary N) is 1. The van der Waals surface area contributed by atoms with Crippen LogP contribution in [0, 0.1) is 0 Å². The molecule has 142 valence electrons. The van der Waals surface area contributed by atoms with E-state index in [1.807, 2.05) is 13.0 Å². The highest BCUT2D eigenvalue weighted by Gasteiger charge is 2.22. The van der Waals surface area contributed by atoms with Gasteiger partial charge in [0, 0.05) is 24.1 Å². The van der Waals surface area contributed by atoms with Gasteiger partial charge in [-0.3, -0.25) is 4.79 Å². The van der Waals surface area contributed by atoms with Crippen molar-refractivity contribution in [2.75, 3.05) is 6.61 Å².